The van der Waals surface area contributed by atoms with E-state index in [2.05, 4.69) is 432 Å². The zero-order valence-electron chi connectivity index (χ0n) is 64.8. The van der Waals surface area contributed by atoms with Gasteiger partial charge >= 0.3 is 0 Å². The monoisotopic (exact) mass is 1480 g/mol. The van der Waals surface area contributed by atoms with E-state index in [1.54, 1.807) is 0 Å². The lowest BCUT2D eigenvalue weighted by Crippen LogP contribution is -2.28. The molecule has 0 saturated heterocycles. The highest BCUT2D eigenvalue weighted by molar-refractivity contribution is 6.16. The summed E-state index contributed by atoms with van der Waals surface area (Å²) in [6, 6.07) is 148. The number of furan rings is 2. The lowest BCUT2D eigenvalue weighted by molar-refractivity contribution is 0.666. The second-order valence-corrected chi connectivity index (χ2v) is 32.8. The lowest BCUT2D eigenvalue weighted by Gasteiger charge is -2.35. The molecule has 0 atom stereocenters. The quantitative estimate of drug-likeness (QED) is 0.137. The van der Waals surface area contributed by atoms with Gasteiger partial charge in [0.1, 0.15) is 22.3 Å². The summed E-state index contributed by atoms with van der Waals surface area (Å²) >= 11 is 0. The molecule has 4 aliphatic rings. The van der Waals surface area contributed by atoms with Gasteiger partial charge in [0.05, 0.1) is 33.3 Å². The van der Waals surface area contributed by atoms with Crippen LogP contribution in [0.15, 0.2) is 409 Å². The predicted octanol–water partition coefficient (Wildman–Crippen LogP) is 29.8. The highest BCUT2D eigenvalue weighted by atomic mass is 16.3. The lowest BCUT2D eigenvalue weighted by atomic mass is 9.67. The van der Waals surface area contributed by atoms with Gasteiger partial charge in [-0.15, -0.1) is 0 Å². The van der Waals surface area contributed by atoms with Gasteiger partial charge in [-0.3, -0.25) is 0 Å². The Morgan fingerprint density at radius 2 is 0.560 bits per heavy atom. The standard InChI is InChI=1S/2C56H39NO/c1-55(2)45-27-14-12-25-43(45)53-49(34-36-18-9-10-23-40(36)54(53)55)57(48-29-17-31-51-52(48)44-26-13-16-30-50(44)58-51)39-32-33-42-41-24-11-15-28-46(41)56(47(42)35-39,37-19-5-3-6-20-37)38-21-7-4-8-22-38;1-55(2)47-26-14-12-25-45(47)53-50(33-36-17-9-10-22-41(36)54(53)55)57(39-30-32-52-46(34-39)44-24-13-16-28-51(44)58-52)40-29-31-43-42-23-11-15-27-48(42)56(49(43)35-40,37-18-5-3-6-19-37)38-20-7-4-8-21-38/h2*3-35H,1-2H3. The number of nitrogens with zero attached hydrogens (tertiary/aromatic N) is 2. The van der Waals surface area contributed by atoms with Crippen molar-refractivity contribution in [3.05, 3.63) is 467 Å². The molecule has 0 unspecified atom stereocenters. The third kappa shape index (κ3) is 9.56. The number of hydrogen-bond donors (Lipinski definition) is 0. The van der Waals surface area contributed by atoms with Gasteiger partial charge in [-0.05, 0) is 201 Å². The molecule has 0 saturated carbocycles. The van der Waals surface area contributed by atoms with Crippen LogP contribution in [0.4, 0.5) is 34.1 Å². The summed E-state index contributed by atoms with van der Waals surface area (Å²) in [6.07, 6.45) is 0. The van der Waals surface area contributed by atoms with Crippen molar-refractivity contribution in [2.75, 3.05) is 9.80 Å². The van der Waals surface area contributed by atoms with Crippen molar-refractivity contribution in [2.24, 2.45) is 0 Å². The normalized spacial score (nSPS) is 14.3. The third-order valence-corrected chi connectivity index (χ3v) is 26.2. The minimum atomic E-state index is -0.537. The zero-order chi connectivity index (χ0) is 77.2. The minimum absolute atomic E-state index is 0.201. The molecule has 0 N–H and O–H groups in total. The molecule has 0 fully saturated rings. The Labute approximate surface area is 674 Å². The van der Waals surface area contributed by atoms with Crippen LogP contribution >= 0.6 is 0 Å². The van der Waals surface area contributed by atoms with Gasteiger partial charge in [-0.2, -0.15) is 0 Å². The summed E-state index contributed by atoms with van der Waals surface area (Å²) in [4.78, 5) is 5.06. The molecule has 2 aromatic heterocycles. The molecule has 548 valence electrons. The van der Waals surface area contributed by atoms with Crippen molar-refractivity contribution in [1.82, 2.24) is 0 Å². The Morgan fingerprint density at radius 3 is 1.06 bits per heavy atom. The molecule has 0 spiro atoms. The van der Waals surface area contributed by atoms with Gasteiger partial charge in [0.25, 0.3) is 0 Å². The van der Waals surface area contributed by atoms with Crippen molar-refractivity contribution in [2.45, 2.75) is 49.4 Å². The first-order chi connectivity index (χ1) is 57.1. The van der Waals surface area contributed by atoms with Crippen LogP contribution in [0.2, 0.25) is 0 Å². The Bertz CT molecular complexity index is 7330. The van der Waals surface area contributed by atoms with Crippen LogP contribution in [-0.4, -0.2) is 0 Å². The maximum absolute atomic E-state index is 6.61. The summed E-state index contributed by atoms with van der Waals surface area (Å²) in [5, 5.41) is 9.48. The largest absolute Gasteiger partial charge is 0.456 e. The van der Waals surface area contributed by atoms with Gasteiger partial charge in [0.2, 0.25) is 0 Å². The minimum Gasteiger partial charge on any atom is -0.456 e. The summed E-state index contributed by atoms with van der Waals surface area (Å²) < 4.78 is 13.0. The number of benzene rings is 18. The van der Waals surface area contributed by atoms with E-state index in [9.17, 15) is 0 Å². The molecular weight excluding hydrogens is 1410 g/mol. The van der Waals surface area contributed by atoms with Crippen LogP contribution in [0.3, 0.4) is 0 Å². The van der Waals surface area contributed by atoms with Crippen LogP contribution in [0, 0.1) is 0 Å². The summed E-state index contributed by atoms with van der Waals surface area (Å²) in [6.45, 7) is 9.57. The molecule has 4 nitrogen and oxygen atoms in total. The van der Waals surface area contributed by atoms with E-state index < -0.39 is 10.8 Å². The average molecular weight is 1480 g/mol. The second-order valence-electron chi connectivity index (χ2n) is 32.8. The van der Waals surface area contributed by atoms with Gasteiger partial charge in [-0.1, -0.05) is 349 Å². The summed E-state index contributed by atoms with van der Waals surface area (Å²) in [7, 11) is 0. The molecular formula is C112H78N2O2. The summed E-state index contributed by atoms with van der Waals surface area (Å²) in [5.41, 5.74) is 34.6. The van der Waals surface area contributed by atoms with Crippen LogP contribution in [-0.2, 0) is 21.7 Å². The Kier molecular flexibility index (Phi) is 14.9. The smallest absolute Gasteiger partial charge is 0.137 e. The highest BCUT2D eigenvalue weighted by Gasteiger charge is 2.50. The Balaban J connectivity index is 0.000000137. The molecule has 4 aliphatic carbocycles. The van der Waals surface area contributed by atoms with E-state index in [4.69, 9.17) is 8.83 Å². The fraction of sp³-hybridized carbons (Fsp3) is 0.0714. The second kappa shape index (κ2) is 25.6. The van der Waals surface area contributed by atoms with Crippen LogP contribution in [0.5, 0.6) is 0 Å². The molecule has 18 aromatic carbocycles. The molecule has 4 heteroatoms. The van der Waals surface area contributed by atoms with E-state index in [1.165, 1.54) is 139 Å². The number of anilines is 6. The zero-order valence-corrected chi connectivity index (χ0v) is 64.8. The average Bonchev–Trinajstić information content (AvgIpc) is 1.51. The first kappa shape index (κ1) is 67.4. The van der Waals surface area contributed by atoms with Crippen LogP contribution in [0.25, 0.3) is 110 Å². The van der Waals surface area contributed by atoms with Crippen molar-refractivity contribution >= 4 is 99.5 Å². The fourth-order valence-corrected chi connectivity index (χ4v) is 21.4. The molecule has 2 heterocycles. The van der Waals surface area contributed by atoms with Crippen LogP contribution in [0.1, 0.15) is 94.5 Å². The van der Waals surface area contributed by atoms with Crippen molar-refractivity contribution in [3.63, 3.8) is 0 Å². The van der Waals surface area contributed by atoms with Gasteiger partial charge in [-0.25, -0.2) is 0 Å². The molecule has 0 amide bonds. The van der Waals surface area contributed by atoms with Gasteiger partial charge in [0, 0.05) is 55.2 Å². The van der Waals surface area contributed by atoms with E-state index >= 15 is 0 Å². The van der Waals surface area contributed by atoms with E-state index in [0.29, 0.717) is 0 Å². The van der Waals surface area contributed by atoms with Gasteiger partial charge < -0.3 is 18.6 Å². The molecule has 0 radical (unpaired) electrons. The van der Waals surface area contributed by atoms with Crippen molar-refractivity contribution < 1.29 is 8.83 Å². The number of rotatable bonds is 10. The number of hydrogen-bond acceptors (Lipinski definition) is 4. The van der Waals surface area contributed by atoms with Crippen LogP contribution < -0.4 is 9.80 Å². The van der Waals surface area contributed by atoms with Gasteiger partial charge in [0.15, 0.2) is 0 Å². The van der Waals surface area contributed by atoms with E-state index in [1.807, 2.05) is 6.07 Å². The van der Waals surface area contributed by atoms with Crippen molar-refractivity contribution in [3.8, 4) is 44.5 Å². The number of para-hydroxylation sites is 2. The molecule has 20 aromatic rings. The topological polar surface area (TPSA) is 32.8 Å². The Hall–Kier alpha value is -14.3. The SMILES string of the molecule is CC1(C)c2ccccc2-c2c(N(c3ccc4c(c3)C(c3ccccc3)(c3ccccc3)c3ccccc3-4)c3ccc4oc5ccccc5c4c3)cc3ccccc3c21.CC1(C)c2ccccc2-c2c(N(c3ccc4c(c3)C(c3ccccc3)(c3ccccc3)c3ccccc3-4)c3cccc4oc5ccccc5c34)cc3ccccc3c21. The molecule has 116 heavy (non-hydrogen) atoms. The molecule has 0 aliphatic heterocycles. The number of fused-ring (bicyclic) bond motifs is 22. The predicted molar refractivity (Wildman–Crippen MR) is 482 cm³/mol. The van der Waals surface area contributed by atoms with E-state index in [-0.39, 0.29) is 10.8 Å². The first-order valence-corrected chi connectivity index (χ1v) is 40.5. The maximum Gasteiger partial charge on any atom is 0.137 e. The summed E-state index contributed by atoms with van der Waals surface area (Å²) in [5.74, 6) is 0. The molecule has 0 bridgehead atoms. The Morgan fingerprint density at radius 1 is 0.216 bits per heavy atom. The van der Waals surface area contributed by atoms with Crippen molar-refractivity contribution in [1.29, 1.82) is 0 Å². The highest BCUT2D eigenvalue weighted by Crippen LogP contribution is 2.64. The maximum atomic E-state index is 6.61. The third-order valence-electron chi connectivity index (χ3n) is 26.2. The fourth-order valence-electron chi connectivity index (χ4n) is 21.4. The first-order valence-electron chi connectivity index (χ1n) is 40.5. The molecule has 24 rings (SSSR count). The van der Waals surface area contributed by atoms with E-state index in [0.717, 1.165) is 72.3 Å².